The van der Waals surface area contributed by atoms with Gasteiger partial charge in [-0.1, -0.05) is 6.07 Å². The number of benzene rings is 1. The van der Waals surface area contributed by atoms with Gasteiger partial charge in [0.25, 0.3) is 0 Å². The summed E-state index contributed by atoms with van der Waals surface area (Å²) >= 11 is 0. The van der Waals surface area contributed by atoms with Gasteiger partial charge in [0.05, 0.1) is 18.9 Å². The van der Waals surface area contributed by atoms with Crippen molar-refractivity contribution in [2.75, 3.05) is 14.2 Å². The molecule has 0 saturated carbocycles. The van der Waals surface area contributed by atoms with E-state index in [1.165, 1.54) is 7.11 Å². The topological polar surface area (TPSA) is 50.7 Å². The molecule has 0 aliphatic carbocycles. The van der Waals surface area contributed by atoms with Crippen LogP contribution in [0.1, 0.15) is 21.5 Å². The molecule has 1 aromatic carbocycles. The second-order valence-electron chi connectivity index (χ2n) is 3.05. The van der Waals surface area contributed by atoms with Gasteiger partial charge in [-0.05, 0) is 30.2 Å². The van der Waals surface area contributed by atoms with Gasteiger partial charge in [0.15, 0.2) is 0 Å². The Balaban J connectivity index is 2.98. The van der Waals surface area contributed by atoms with Crippen LogP contribution < -0.4 is 5.43 Å². The SMILES string of the molecule is CN/N=C/c1ccc(C(=O)OC)c(C)c1. The van der Waals surface area contributed by atoms with Gasteiger partial charge in [0.1, 0.15) is 0 Å². The van der Waals surface area contributed by atoms with Crippen LogP contribution in [0.5, 0.6) is 0 Å². The van der Waals surface area contributed by atoms with Crippen molar-refractivity contribution < 1.29 is 9.53 Å². The summed E-state index contributed by atoms with van der Waals surface area (Å²) < 4.78 is 4.65. The first-order chi connectivity index (χ1) is 7.19. The maximum Gasteiger partial charge on any atom is 0.338 e. The number of rotatable bonds is 3. The number of hydrazone groups is 1. The van der Waals surface area contributed by atoms with E-state index in [2.05, 4.69) is 15.3 Å². The van der Waals surface area contributed by atoms with E-state index in [0.29, 0.717) is 5.56 Å². The van der Waals surface area contributed by atoms with Gasteiger partial charge in [0, 0.05) is 7.05 Å². The van der Waals surface area contributed by atoms with Gasteiger partial charge in [-0.25, -0.2) is 4.79 Å². The summed E-state index contributed by atoms with van der Waals surface area (Å²) in [5.41, 5.74) is 5.06. The Bertz CT molecular complexity index is 386. The third-order valence-corrected chi connectivity index (χ3v) is 2.00. The summed E-state index contributed by atoms with van der Waals surface area (Å²) in [5, 5.41) is 3.89. The lowest BCUT2D eigenvalue weighted by atomic mass is 10.1. The Morgan fingerprint density at radius 3 is 2.80 bits per heavy atom. The minimum Gasteiger partial charge on any atom is -0.465 e. The number of hydrogen-bond donors (Lipinski definition) is 1. The highest BCUT2D eigenvalue weighted by atomic mass is 16.5. The lowest BCUT2D eigenvalue weighted by Crippen LogP contribution is -2.04. The predicted octanol–water partition coefficient (Wildman–Crippen LogP) is 1.33. The summed E-state index contributed by atoms with van der Waals surface area (Å²) in [6.45, 7) is 1.86. The van der Waals surface area contributed by atoms with E-state index < -0.39 is 0 Å². The molecular formula is C11H14N2O2. The highest BCUT2D eigenvalue weighted by Gasteiger charge is 2.08. The summed E-state index contributed by atoms with van der Waals surface area (Å²) in [4.78, 5) is 11.3. The molecule has 4 heteroatoms. The Kier molecular flexibility index (Phi) is 3.85. The van der Waals surface area contributed by atoms with Crippen molar-refractivity contribution in [2.24, 2.45) is 5.10 Å². The molecule has 80 valence electrons. The standard InChI is InChI=1S/C11H14N2O2/c1-8-6-9(7-13-12-2)4-5-10(8)11(14)15-3/h4-7,12H,1-3H3/b13-7+. The maximum atomic E-state index is 11.3. The third kappa shape index (κ3) is 2.80. The van der Waals surface area contributed by atoms with Crippen LogP contribution in [0.25, 0.3) is 0 Å². The van der Waals surface area contributed by atoms with E-state index in [0.717, 1.165) is 11.1 Å². The quantitative estimate of drug-likeness (QED) is 0.461. The second-order valence-corrected chi connectivity index (χ2v) is 3.05. The van der Waals surface area contributed by atoms with Crippen molar-refractivity contribution in [3.63, 3.8) is 0 Å². The van der Waals surface area contributed by atoms with Gasteiger partial charge < -0.3 is 10.2 Å². The van der Waals surface area contributed by atoms with Crippen LogP contribution in [-0.4, -0.2) is 26.3 Å². The Labute approximate surface area is 88.9 Å². The zero-order chi connectivity index (χ0) is 11.3. The number of nitrogens with zero attached hydrogens (tertiary/aromatic N) is 1. The van der Waals surface area contributed by atoms with Crippen LogP contribution in [0, 0.1) is 6.92 Å². The van der Waals surface area contributed by atoms with E-state index in [9.17, 15) is 4.79 Å². The molecule has 4 nitrogen and oxygen atoms in total. The van der Waals surface area contributed by atoms with E-state index in [4.69, 9.17) is 0 Å². The largest absolute Gasteiger partial charge is 0.465 e. The highest BCUT2D eigenvalue weighted by Crippen LogP contribution is 2.10. The van der Waals surface area contributed by atoms with E-state index in [1.807, 2.05) is 19.1 Å². The molecule has 0 fully saturated rings. The molecule has 1 rings (SSSR count). The van der Waals surface area contributed by atoms with Gasteiger partial charge >= 0.3 is 5.97 Å². The van der Waals surface area contributed by atoms with Gasteiger partial charge in [-0.2, -0.15) is 5.10 Å². The van der Waals surface area contributed by atoms with Gasteiger partial charge in [-0.15, -0.1) is 0 Å². The van der Waals surface area contributed by atoms with Crippen LogP contribution >= 0.6 is 0 Å². The minimum atomic E-state index is -0.315. The monoisotopic (exact) mass is 206 g/mol. The minimum absolute atomic E-state index is 0.315. The van der Waals surface area contributed by atoms with Crippen LogP contribution in [0.2, 0.25) is 0 Å². The molecule has 15 heavy (non-hydrogen) atoms. The first kappa shape index (κ1) is 11.2. The fourth-order valence-corrected chi connectivity index (χ4v) is 1.25. The van der Waals surface area contributed by atoms with E-state index in [-0.39, 0.29) is 5.97 Å². The summed E-state index contributed by atoms with van der Waals surface area (Å²) in [5.74, 6) is -0.315. The molecule has 0 atom stereocenters. The molecule has 0 aromatic heterocycles. The van der Waals surface area contributed by atoms with Crippen molar-refractivity contribution >= 4 is 12.2 Å². The van der Waals surface area contributed by atoms with Crippen LogP contribution in [-0.2, 0) is 4.74 Å². The summed E-state index contributed by atoms with van der Waals surface area (Å²) in [6, 6.07) is 5.44. The fraction of sp³-hybridized carbons (Fsp3) is 0.273. The number of methoxy groups -OCH3 is 1. The number of ether oxygens (including phenoxy) is 1. The van der Waals surface area contributed by atoms with Crippen molar-refractivity contribution in [1.29, 1.82) is 0 Å². The Morgan fingerprint density at radius 2 is 2.27 bits per heavy atom. The van der Waals surface area contributed by atoms with Gasteiger partial charge in [0.2, 0.25) is 0 Å². The molecule has 0 aliphatic heterocycles. The molecule has 0 amide bonds. The molecule has 0 bridgehead atoms. The summed E-state index contributed by atoms with van der Waals surface area (Å²) in [7, 11) is 3.10. The lowest BCUT2D eigenvalue weighted by molar-refractivity contribution is 0.0600. The van der Waals surface area contributed by atoms with E-state index in [1.54, 1.807) is 19.3 Å². The van der Waals surface area contributed by atoms with Crippen molar-refractivity contribution in [3.05, 3.63) is 34.9 Å². The molecular weight excluding hydrogens is 192 g/mol. The van der Waals surface area contributed by atoms with Crippen molar-refractivity contribution in [3.8, 4) is 0 Å². The first-order valence-electron chi connectivity index (χ1n) is 4.58. The summed E-state index contributed by atoms with van der Waals surface area (Å²) in [6.07, 6.45) is 1.69. The number of hydrogen-bond acceptors (Lipinski definition) is 4. The number of esters is 1. The van der Waals surface area contributed by atoms with E-state index >= 15 is 0 Å². The predicted molar refractivity (Wildman–Crippen MR) is 59.2 cm³/mol. The molecule has 0 heterocycles. The Morgan fingerprint density at radius 1 is 1.53 bits per heavy atom. The average molecular weight is 206 g/mol. The number of carbonyl (C=O) groups excluding carboxylic acids is 1. The maximum absolute atomic E-state index is 11.3. The zero-order valence-corrected chi connectivity index (χ0v) is 9.07. The lowest BCUT2D eigenvalue weighted by Gasteiger charge is -2.04. The van der Waals surface area contributed by atoms with Crippen LogP contribution in [0.4, 0.5) is 0 Å². The normalized spacial score (nSPS) is 10.3. The third-order valence-electron chi connectivity index (χ3n) is 2.00. The molecule has 1 aromatic rings. The molecule has 0 radical (unpaired) electrons. The molecule has 0 aliphatic rings. The molecule has 0 saturated heterocycles. The van der Waals surface area contributed by atoms with Crippen molar-refractivity contribution in [2.45, 2.75) is 6.92 Å². The first-order valence-corrected chi connectivity index (χ1v) is 4.58. The number of aryl methyl sites for hydroxylation is 1. The van der Waals surface area contributed by atoms with Crippen molar-refractivity contribution in [1.82, 2.24) is 5.43 Å². The number of nitrogens with one attached hydrogen (secondary N) is 1. The van der Waals surface area contributed by atoms with Crippen LogP contribution in [0.15, 0.2) is 23.3 Å². The molecule has 0 unspecified atom stereocenters. The molecule has 1 N–H and O–H groups in total. The fourth-order valence-electron chi connectivity index (χ4n) is 1.25. The van der Waals surface area contributed by atoms with Gasteiger partial charge in [-0.3, -0.25) is 0 Å². The van der Waals surface area contributed by atoms with Crippen LogP contribution in [0.3, 0.4) is 0 Å². The smallest absolute Gasteiger partial charge is 0.338 e. The second kappa shape index (κ2) is 5.14. The Hall–Kier alpha value is -1.84. The highest BCUT2D eigenvalue weighted by molar-refractivity contribution is 5.92. The zero-order valence-electron chi connectivity index (χ0n) is 9.07. The number of carbonyl (C=O) groups is 1. The molecule has 0 spiro atoms. The average Bonchev–Trinajstić information content (AvgIpc) is 2.25.